The Morgan fingerprint density at radius 3 is 1.94 bits per heavy atom. The summed E-state index contributed by atoms with van der Waals surface area (Å²) in [6, 6.07) is 0. The Hall–Kier alpha value is 0.800. The van der Waals surface area contributed by atoms with E-state index in [-0.39, 0.29) is 28.0 Å². The van der Waals surface area contributed by atoms with Crippen molar-refractivity contribution < 1.29 is 4.39 Å². The number of rotatable bonds is 2. The van der Waals surface area contributed by atoms with Crippen molar-refractivity contribution in [1.29, 1.82) is 0 Å². The number of alkyl halides is 4. The maximum Gasteiger partial charge on any atom is 0.109 e. The van der Waals surface area contributed by atoms with Crippen molar-refractivity contribution >= 4 is 34.8 Å². The fraction of sp³-hybridized carbons (Fsp3) is 1.00. The third kappa shape index (κ3) is 3.46. The molecule has 2 fully saturated rings. The van der Waals surface area contributed by atoms with Gasteiger partial charge >= 0.3 is 0 Å². The fourth-order valence-corrected chi connectivity index (χ4v) is 5.08. The second kappa shape index (κ2) is 6.50. The van der Waals surface area contributed by atoms with Gasteiger partial charge in [0.15, 0.2) is 0 Å². The molecule has 2 aliphatic rings. The van der Waals surface area contributed by atoms with Gasteiger partial charge in [-0.05, 0) is 50.4 Å². The fourth-order valence-electron chi connectivity index (χ4n) is 3.52. The number of hydrogen-bond acceptors (Lipinski definition) is 0. The number of hydrogen-bond donors (Lipinski definition) is 0. The van der Waals surface area contributed by atoms with Gasteiger partial charge in [0, 0.05) is 22.0 Å². The minimum absolute atomic E-state index is 0.111. The van der Waals surface area contributed by atoms with Gasteiger partial charge in [-0.3, -0.25) is 0 Å². The van der Waals surface area contributed by atoms with Crippen LogP contribution >= 0.6 is 34.8 Å². The van der Waals surface area contributed by atoms with E-state index in [1.54, 1.807) is 0 Å². The van der Waals surface area contributed by atoms with Crippen LogP contribution in [0.2, 0.25) is 0 Å². The van der Waals surface area contributed by atoms with Crippen LogP contribution in [-0.4, -0.2) is 22.3 Å². The van der Waals surface area contributed by atoms with Crippen LogP contribution in [-0.2, 0) is 0 Å². The van der Waals surface area contributed by atoms with Crippen molar-refractivity contribution in [3.05, 3.63) is 0 Å². The first-order valence-electron chi connectivity index (χ1n) is 7.05. The van der Waals surface area contributed by atoms with Crippen molar-refractivity contribution in [2.75, 3.05) is 0 Å². The highest BCUT2D eigenvalue weighted by Gasteiger charge is 2.43. The summed E-state index contributed by atoms with van der Waals surface area (Å²) in [6.07, 6.45) is 4.54. The van der Waals surface area contributed by atoms with Gasteiger partial charge in [-0.15, -0.1) is 34.8 Å². The number of halogens is 4. The zero-order chi connectivity index (χ0) is 13.3. The van der Waals surface area contributed by atoms with E-state index in [0.717, 1.165) is 38.5 Å². The molecule has 0 aliphatic heterocycles. The molecule has 0 heterocycles. The molecular formula is C14H22Cl3F. The summed E-state index contributed by atoms with van der Waals surface area (Å²) in [4.78, 5) is 0. The summed E-state index contributed by atoms with van der Waals surface area (Å²) in [6.45, 7) is 2.15. The normalized spacial score (nSPS) is 47.8. The van der Waals surface area contributed by atoms with Crippen molar-refractivity contribution in [2.24, 2.45) is 17.8 Å². The average molecular weight is 316 g/mol. The third-order valence-electron chi connectivity index (χ3n) is 4.61. The Morgan fingerprint density at radius 2 is 1.44 bits per heavy atom. The highest BCUT2D eigenvalue weighted by Crippen LogP contribution is 2.43. The molecule has 0 spiro atoms. The lowest BCUT2D eigenvalue weighted by Gasteiger charge is -2.40. The van der Waals surface area contributed by atoms with Gasteiger partial charge in [0.1, 0.15) is 6.17 Å². The monoisotopic (exact) mass is 314 g/mol. The van der Waals surface area contributed by atoms with Crippen molar-refractivity contribution in [3.63, 3.8) is 0 Å². The molecule has 18 heavy (non-hydrogen) atoms. The lowest BCUT2D eigenvalue weighted by atomic mass is 9.73. The van der Waals surface area contributed by atoms with Gasteiger partial charge in [0.2, 0.25) is 0 Å². The van der Waals surface area contributed by atoms with Crippen LogP contribution in [0, 0.1) is 17.8 Å². The third-order valence-corrected chi connectivity index (χ3v) is 5.98. The molecular weight excluding hydrogens is 294 g/mol. The van der Waals surface area contributed by atoms with E-state index in [2.05, 4.69) is 6.92 Å². The van der Waals surface area contributed by atoms with Gasteiger partial charge < -0.3 is 0 Å². The maximum atomic E-state index is 14.7. The van der Waals surface area contributed by atoms with Crippen LogP contribution in [0.4, 0.5) is 4.39 Å². The summed E-state index contributed by atoms with van der Waals surface area (Å²) in [5, 5.41) is 0.0124. The molecule has 3 atom stereocenters. The highest BCUT2D eigenvalue weighted by molar-refractivity contribution is 6.24. The molecule has 0 aromatic rings. The quantitative estimate of drug-likeness (QED) is 0.600. The predicted molar refractivity (Wildman–Crippen MR) is 77.7 cm³/mol. The Labute approximate surface area is 125 Å². The average Bonchev–Trinajstić information content (AvgIpc) is 2.28. The van der Waals surface area contributed by atoms with Crippen molar-refractivity contribution in [3.8, 4) is 0 Å². The molecule has 0 aromatic heterocycles. The van der Waals surface area contributed by atoms with Crippen LogP contribution in [0.3, 0.4) is 0 Å². The zero-order valence-electron chi connectivity index (χ0n) is 10.8. The first-order chi connectivity index (χ1) is 8.49. The van der Waals surface area contributed by atoms with E-state index >= 15 is 0 Å². The van der Waals surface area contributed by atoms with E-state index in [1.807, 2.05) is 0 Å². The van der Waals surface area contributed by atoms with E-state index in [0.29, 0.717) is 5.92 Å². The maximum absolute atomic E-state index is 14.7. The Kier molecular flexibility index (Phi) is 5.49. The van der Waals surface area contributed by atoms with E-state index < -0.39 is 6.17 Å². The van der Waals surface area contributed by atoms with Crippen LogP contribution in [0.15, 0.2) is 0 Å². The first-order valence-corrected chi connectivity index (χ1v) is 8.36. The molecule has 2 aliphatic carbocycles. The van der Waals surface area contributed by atoms with Gasteiger partial charge in [-0.2, -0.15) is 0 Å². The molecule has 106 valence electrons. The largest absolute Gasteiger partial charge is 0.247 e. The zero-order valence-corrected chi connectivity index (χ0v) is 13.1. The second-order valence-corrected chi connectivity index (χ2v) is 7.88. The Bertz CT molecular complexity index is 254. The first kappa shape index (κ1) is 15.2. The molecule has 2 saturated carbocycles. The van der Waals surface area contributed by atoms with Gasteiger partial charge in [0.25, 0.3) is 0 Å². The summed E-state index contributed by atoms with van der Waals surface area (Å²) < 4.78 is 14.7. The van der Waals surface area contributed by atoms with E-state index in [4.69, 9.17) is 34.8 Å². The summed E-state index contributed by atoms with van der Waals surface area (Å²) in [5.41, 5.74) is 0. The summed E-state index contributed by atoms with van der Waals surface area (Å²) >= 11 is 18.8. The van der Waals surface area contributed by atoms with Crippen molar-refractivity contribution in [2.45, 2.75) is 67.8 Å². The molecule has 2 rings (SSSR count). The second-order valence-electron chi connectivity index (χ2n) is 6.14. The molecule has 0 nitrogen and oxygen atoms in total. The van der Waals surface area contributed by atoms with Gasteiger partial charge in [-0.25, -0.2) is 4.39 Å². The molecule has 4 heteroatoms. The lowest BCUT2D eigenvalue weighted by Crippen LogP contribution is -2.43. The van der Waals surface area contributed by atoms with Crippen LogP contribution in [0.5, 0.6) is 0 Å². The van der Waals surface area contributed by atoms with Crippen molar-refractivity contribution in [1.82, 2.24) is 0 Å². The van der Waals surface area contributed by atoms with E-state index in [1.165, 1.54) is 0 Å². The summed E-state index contributed by atoms with van der Waals surface area (Å²) in [7, 11) is 0. The van der Waals surface area contributed by atoms with E-state index in [9.17, 15) is 4.39 Å². The van der Waals surface area contributed by atoms with Crippen LogP contribution in [0.1, 0.15) is 45.4 Å². The molecule has 0 N–H and O–H groups in total. The van der Waals surface area contributed by atoms with Crippen LogP contribution in [0.25, 0.3) is 0 Å². The molecule has 0 aromatic carbocycles. The van der Waals surface area contributed by atoms with Crippen LogP contribution < -0.4 is 0 Å². The Morgan fingerprint density at radius 1 is 0.944 bits per heavy atom. The molecule has 0 saturated heterocycles. The molecule has 0 radical (unpaired) electrons. The standard InChI is InChI=1S/C14H22Cl3F/c1-8-6-11(16)13(12(17)7-8)14(18)9-2-4-10(15)5-3-9/h8-14H,2-7H2,1H3. The minimum Gasteiger partial charge on any atom is -0.247 e. The van der Waals surface area contributed by atoms with Gasteiger partial charge in [-0.1, -0.05) is 6.92 Å². The smallest absolute Gasteiger partial charge is 0.109 e. The molecule has 0 bridgehead atoms. The van der Waals surface area contributed by atoms with Gasteiger partial charge in [0.05, 0.1) is 0 Å². The lowest BCUT2D eigenvalue weighted by molar-refractivity contribution is 0.0923. The SMILES string of the molecule is CC1CC(Cl)C(C(F)C2CCC(Cl)CC2)C(Cl)C1. The topological polar surface area (TPSA) is 0 Å². The minimum atomic E-state index is -0.855. The summed E-state index contributed by atoms with van der Waals surface area (Å²) in [5.74, 6) is 0.444. The Balaban J connectivity index is 1.96. The predicted octanol–water partition coefficient (Wildman–Crippen LogP) is 5.38. The molecule has 3 unspecified atom stereocenters. The highest BCUT2D eigenvalue weighted by atomic mass is 35.5. The molecule has 0 amide bonds.